The molecule has 168 valence electrons. The number of rotatable bonds is 11. The maximum absolute atomic E-state index is 13.0. The molecule has 0 saturated heterocycles. The molecule has 0 N–H and O–H groups in total. The number of sulfonamides is 1. The molecule has 0 aliphatic heterocycles. The number of benzene rings is 1. The van der Waals surface area contributed by atoms with Gasteiger partial charge in [0.2, 0.25) is 10.0 Å². The van der Waals surface area contributed by atoms with E-state index in [-0.39, 0.29) is 10.9 Å². The smallest absolute Gasteiger partial charge is 0.243 e. The fourth-order valence-electron chi connectivity index (χ4n) is 3.41. The summed E-state index contributed by atoms with van der Waals surface area (Å²) in [7, 11) is -3.55. The molecule has 0 fully saturated rings. The van der Waals surface area contributed by atoms with Crippen LogP contribution in [0.25, 0.3) is 11.4 Å². The molecule has 0 radical (unpaired) electrons. The average Bonchev–Trinajstić information content (AvgIpc) is 3.08. The van der Waals surface area contributed by atoms with Gasteiger partial charge < -0.3 is 0 Å². The van der Waals surface area contributed by atoms with Gasteiger partial charge in [-0.2, -0.15) is 9.40 Å². The van der Waals surface area contributed by atoms with Crippen molar-refractivity contribution in [2.45, 2.75) is 65.6 Å². The van der Waals surface area contributed by atoms with Gasteiger partial charge in [0.05, 0.1) is 11.6 Å². The number of nitrogens with zero attached hydrogens (tertiary/aromatic N) is 5. The second kappa shape index (κ2) is 10.7. The van der Waals surface area contributed by atoms with Crippen LogP contribution in [-0.4, -0.2) is 58.1 Å². The molecule has 1 atom stereocenters. The first-order valence-electron chi connectivity index (χ1n) is 10.8. The summed E-state index contributed by atoms with van der Waals surface area (Å²) in [6, 6.07) is 7.19. The van der Waals surface area contributed by atoms with Crippen LogP contribution in [0.4, 0.5) is 0 Å². The lowest BCUT2D eigenvalue weighted by molar-refractivity contribution is 0.226. The van der Waals surface area contributed by atoms with E-state index in [2.05, 4.69) is 32.6 Å². The fraction of sp³-hybridized carbons (Fsp3) is 0.619. The van der Waals surface area contributed by atoms with Crippen LogP contribution < -0.4 is 0 Å². The van der Waals surface area contributed by atoms with E-state index in [1.165, 1.54) is 4.31 Å². The third-order valence-corrected chi connectivity index (χ3v) is 8.02. The summed E-state index contributed by atoms with van der Waals surface area (Å²) >= 11 is 5.77. The molecule has 0 saturated carbocycles. The summed E-state index contributed by atoms with van der Waals surface area (Å²) in [4.78, 5) is 2.53. The summed E-state index contributed by atoms with van der Waals surface area (Å²) in [6.07, 6.45) is 0.899. The normalized spacial score (nSPS) is 13.3. The summed E-state index contributed by atoms with van der Waals surface area (Å²) in [6.45, 7) is 15.4. The quantitative estimate of drug-likeness (QED) is 0.473. The molecule has 7 nitrogen and oxygen atoms in total. The van der Waals surface area contributed by atoms with Crippen molar-refractivity contribution in [3.8, 4) is 11.4 Å². The van der Waals surface area contributed by atoms with E-state index in [0.29, 0.717) is 30.4 Å². The highest BCUT2D eigenvalue weighted by molar-refractivity contribution is 7.89. The number of hydrogen-bond donors (Lipinski definition) is 0. The van der Waals surface area contributed by atoms with Crippen LogP contribution in [-0.2, 0) is 16.7 Å². The molecular weight excluding hydrogens is 418 g/mol. The predicted octanol–water partition coefficient (Wildman–Crippen LogP) is 4.38. The average molecular weight is 454 g/mol. The second-order valence-corrected chi connectivity index (χ2v) is 9.60. The van der Waals surface area contributed by atoms with Gasteiger partial charge in [-0.05, 0) is 50.8 Å². The first kappa shape index (κ1) is 24.7. The molecule has 9 heteroatoms. The topological polar surface area (TPSA) is 63.4 Å². The fourth-order valence-corrected chi connectivity index (χ4v) is 5.28. The monoisotopic (exact) mass is 453 g/mol. The van der Waals surface area contributed by atoms with E-state index >= 15 is 0 Å². The highest BCUT2D eigenvalue weighted by Crippen LogP contribution is 2.27. The van der Waals surface area contributed by atoms with Crippen molar-refractivity contribution in [3.05, 3.63) is 29.0 Å². The van der Waals surface area contributed by atoms with Crippen molar-refractivity contribution >= 4 is 22.2 Å². The molecule has 0 aliphatic carbocycles. The Morgan fingerprint density at radius 1 is 1.07 bits per heavy atom. The lowest BCUT2D eigenvalue weighted by atomic mass is 10.2. The Hall–Kier alpha value is -1.55. The molecule has 0 amide bonds. The minimum absolute atomic E-state index is 0.154. The number of aromatic nitrogens is 3. The summed E-state index contributed by atoms with van der Waals surface area (Å²) in [5, 5.41) is 4.82. The Balaban J connectivity index is 2.62. The van der Waals surface area contributed by atoms with Gasteiger partial charge in [0.15, 0.2) is 10.6 Å². The van der Waals surface area contributed by atoms with Crippen molar-refractivity contribution in [3.63, 3.8) is 0 Å². The van der Waals surface area contributed by atoms with Crippen LogP contribution in [0.1, 0.15) is 54.0 Å². The van der Waals surface area contributed by atoms with Gasteiger partial charge in [0.25, 0.3) is 0 Å². The zero-order chi connectivity index (χ0) is 22.5. The highest BCUT2D eigenvalue weighted by atomic mass is 32.2. The van der Waals surface area contributed by atoms with Gasteiger partial charge in [-0.1, -0.05) is 46.8 Å². The van der Waals surface area contributed by atoms with Crippen molar-refractivity contribution in [2.24, 2.45) is 0 Å². The maximum Gasteiger partial charge on any atom is 0.243 e. The lowest BCUT2D eigenvalue weighted by Gasteiger charge is -2.19. The molecule has 30 heavy (non-hydrogen) atoms. The van der Waals surface area contributed by atoms with Gasteiger partial charge in [-0.15, -0.1) is 0 Å². The van der Waals surface area contributed by atoms with Gasteiger partial charge in [-0.3, -0.25) is 9.47 Å². The molecule has 2 aromatic rings. The van der Waals surface area contributed by atoms with Gasteiger partial charge in [-0.25, -0.2) is 13.1 Å². The molecule has 1 heterocycles. The van der Waals surface area contributed by atoms with Crippen molar-refractivity contribution in [1.29, 1.82) is 0 Å². The second-order valence-electron chi connectivity index (χ2n) is 7.29. The van der Waals surface area contributed by atoms with Crippen LogP contribution in [0, 0.1) is 4.77 Å². The van der Waals surface area contributed by atoms with Crippen molar-refractivity contribution < 1.29 is 8.42 Å². The molecule has 2 rings (SSSR count). The minimum Gasteiger partial charge on any atom is -0.297 e. The predicted molar refractivity (Wildman–Crippen MR) is 125 cm³/mol. The van der Waals surface area contributed by atoms with E-state index < -0.39 is 10.0 Å². The van der Waals surface area contributed by atoms with Gasteiger partial charge in [0, 0.05) is 24.7 Å². The van der Waals surface area contributed by atoms with Gasteiger partial charge in [0.1, 0.15) is 0 Å². The Bertz CT molecular complexity index is 989. The Labute approximate surface area is 186 Å². The third kappa shape index (κ3) is 5.01. The summed E-state index contributed by atoms with van der Waals surface area (Å²) < 4.78 is 32.0. The molecule has 0 bridgehead atoms. The van der Waals surface area contributed by atoms with E-state index in [0.717, 1.165) is 25.1 Å². The Morgan fingerprint density at radius 3 is 2.23 bits per heavy atom. The minimum atomic E-state index is -3.55. The van der Waals surface area contributed by atoms with E-state index in [1.807, 2.05) is 29.2 Å². The van der Waals surface area contributed by atoms with Crippen LogP contribution in [0.5, 0.6) is 0 Å². The van der Waals surface area contributed by atoms with Crippen LogP contribution in [0.15, 0.2) is 29.2 Å². The summed E-state index contributed by atoms with van der Waals surface area (Å²) in [5.41, 5.74) is 0.757. The van der Waals surface area contributed by atoms with Gasteiger partial charge >= 0.3 is 0 Å². The SMILES string of the molecule is CC[C@H](C)n1c(-c2cccc(S(=O)(=O)N(CC)CC)c2)nn(CN(CC)CC)c1=S. The number of hydrogen-bond acceptors (Lipinski definition) is 5. The first-order valence-corrected chi connectivity index (χ1v) is 12.6. The van der Waals surface area contributed by atoms with Crippen LogP contribution in [0.2, 0.25) is 0 Å². The van der Waals surface area contributed by atoms with Crippen molar-refractivity contribution in [1.82, 2.24) is 23.6 Å². The Kier molecular flexibility index (Phi) is 8.78. The zero-order valence-corrected chi connectivity index (χ0v) is 20.6. The van der Waals surface area contributed by atoms with E-state index in [4.69, 9.17) is 17.3 Å². The molecule has 0 spiro atoms. The Morgan fingerprint density at radius 2 is 1.70 bits per heavy atom. The summed E-state index contributed by atoms with van der Waals surface area (Å²) in [5.74, 6) is 0.707. The maximum atomic E-state index is 13.0. The lowest BCUT2D eigenvalue weighted by Crippen LogP contribution is -2.30. The largest absolute Gasteiger partial charge is 0.297 e. The molecule has 1 aromatic carbocycles. The van der Waals surface area contributed by atoms with Crippen LogP contribution >= 0.6 is 12.2 Å². The standard InChI is InChI=1S/C21H35N5O2S2/c1-7-17(6)26-20(22-25(21(26)29)16-23(8-2)9-3)18-13-12-14-19(15-18)30(27,28)24(10-4)11-5/h12-15,17H,7-11,16H2,1-6H3/t17-/m0/s1. The molecule has 0 aliphatic rings. The van der Waals surface area contributed by atoms with Crippen LogP contribution in [0.3, 0.4) is 0 Å². The molecular formula is C21H35N5O2S2. The zero-order valence-electron chi connectivity index (χ0n) is 19.0. The third-order valence-electron chi connectivity index (χ3n) is 5.57. The highest BCUT2D eigenvalue weighted by Gasteiger charge is 2.24. The molecule has 1 aromatic heterocycles. The van der Waals surface area contributed by atoms with E-state index in [9.17, 15) is 8.42 Å². The molecule has 0 unspecified atom stereocenters. The van der Waals surface area contributed by atoms with E-state index in [1.54, 1.807) is 18.2 Å². The van der Waals surface area contributed by atoms with Crippen molar-refractivity contribution in [2.75, 3.05) is 26.2 Å². The first-order chi connectivity index (χ1) is 14.2.